The number of aromatic nitrogens is 2. The lowest BCUT2D eigenvalue weighted by molar-refractivity contribution is 0.415. The summed E-state index contributed by atoms with van der Waals surface area (Å²) in [5.41, 5.74) is 2.09. The Hall–Kier alpha value is -1.97. The molecule has 0 unspecified atom stereocenters. The molecule has 0 fully saturated rings. The Balaban J connectivity index is 2.63. The van der Waals surface area contributed by atoms with E-state index in [-0.39, 0.29) is 5.75 Å². The standard InChI is InChI=1S/C12H14N2O2/c1-8-12(15)11(13-14(8)2)9-6-4-5-7-10(9)16-3/h4-7,15H,1-3H3. The van der Waals surface area contributed by atoms with E-state index in [4.69, 9.17) is 4.74 Å². The molecule has 1 N–H and O–H groups in total. The monoisotopic (exact) mass is 218 g/mol. The second-order valence-electron chi connectivity index (χ2n) is 3.61. The van der Waals surface area contributed by atoms with Crippen molar-refractivity contribution in [3.8, 4) is 22.8 Å². The Morgan fingerprint density at radius 1 is 1.31 bits per heavy atom. The van der Waals surface area contributed by atoms with E-state index in [0.717, 1.165) is 11.3 Å². The second kappa shape index (κ2) is 3.89. The van der Waals surface area contributed by atoms with Crippen LogP contribution in [-0.4, -0.2) is 22.0 Å². The zero-order valence-electron chi connectivity index (χ0n) is 9.56. The summed E-state index contributed by atoms with van der Waals surface area (Å²) in [6.45, 7) is 1.82. The van der Waals surface area contributed by atoms with Crippen molar-refractivity contribution in [2.75, 3.05) is 7.11 Å². The summed E-state index contributed by atoms with van der Waals surface area (Å²) in [5.74, 6) is 0.905. The topological polar surface area (TPSA) is 47.3 Å². The molecule has 0 spiro atoms. The Morgan fingerprint density at radius 2 is 2.00 bits per heavy atom. The fourth-order valence-corrected chi connectivity index (χ4v) is 1.62. The SMILES string of the molecule is COc1ccccc1-c1nn(C)c(C)c1O. The first kappa shape index (κ1) is 10.5. The Labute approximate surface area is 94.1 Å². The van der Waals surface area contributed by atoms with E-state index in [0.29, 0.717) is 11.4 Å². The molecule has 84 valence electrons. The van der Waals surface area contributed by atoms with Gasteiger partial charge in [-0.15, -0.1) is 0 Å². The first-order chi connectivity index (χ1) is 7.65. The Morgan fingerprint density at radius 3 is 2.56 bits per heavy atom. The van der Waals surface area contributed by atoms with Crippen molar-refractivity contribution in [3.63, 3.8) is 0 Å². The zero-order chi connectivity index (χ0) is 11.7. The maximum atomic E-state index is 9.95. The average Bonchev–Trinajstić information content (AvgIpc) is 2.57. The summed E-state index contributed by atoms with van der Waals surface area (Å²) in [4.78, 5) is 0. The van der Waals surface area contributed by atoms with Crippen LogP contribution in [0.25, 0.3) is 11.3 Å². The molecule has 0 aliphatic carbocycles. The Bertz CT molecular complexity index is 518. The molecule has 2 rings (SSSR count). The molecule has 1 heterocycles. The molecule has 0 aliphatic rings. The number of ether oxygens (including phenoxy) is 1. The highest BCUT2D eigenvalue weighted by Gasteiger charge is 2.16. The van der Waals surface area contributed by atoms with Crippen molar-refractivity contribution in [1.29, 1.82) is 0 Å². The maximum Gasteiger partial charge on any atom is 0.164 e. The molecule has 1 aromatic heterocycles. The lowest BCUT2D eigenvalue weighted by Gasteiger charge is -2.05. The highest BCUT2D eigenvalue weighted by molar-refractivity contribution is 5.72. The van der Waals surface area contributed by atoms with Gasteiger partial charge in [0.05, 0.1) is 12.8 Å². The van der Waals surface area contributed by atoms with E-state index in [1.807, 2.05) is 31.2 Å². The summed E-state index contributed by atoms with van der Waals surface area (Å²) in [6.07, 6.45) is 0. The van der Waals surface area contributed by atoms with Crippen molar-refractivity contribution in [1.82, 2.24) is 9.78 Å². The van der Waals surface area contributed by atoms with Gasteiger partial charge in [-0.2, -0.15) is 5.10 Å². The van der Waals surface area contributed by atoms with Gasteiger partial charge in [-0.1, -0.05) is 12.1 Å². The zero-order valence-corrected chi connectivity index (χ0v) is 9.56. The fourth-order valence-electron chi connectivity index (χ4n) is 1.62. The van der Waals surface area contributed by atoms with Gasteiger partial charge >= 0.3 is 0 Å². The van der Waals surface area contributed by atoms with E-state index in [1.54, 1.807) is 18.8 Å². The minimum absolute atomic E-state index is 0.201. The molecule has 16 heavy (non-hydrogen) atoms. The summed E-state index contributed by atoms with van der Waals surface area (Å²) < 4.78 is 6.89. The first-order valence-corrected chi connectivity index (χ1v) is 5.01. The summed E-state index contributed by atoms with van der Waals surface area (Å²) in [5, 5.41) is 14.2. The lowest BCUT2D eigenvalue weighted by Crippen LogP contribution is -1.93. The van der Waals surface area contributed by atoms with Gasteiger partial charge in [-0.25, -0.2) is 0 Å². The number of para-hydroxylation sites is 1. The maximum absolute atomic E-state index is 9.95. The molecule has 0 radical (unpaired) electrons. The first-order valence-electron chi connectivity index (χ1n) is 5.01. The van der Waals surface area contributed by atoms with Crippen LogP contribution in [0.15, 0.2) is 24.3 Å². The van der Waals surface area contributed by atoms with E-state index in [9.17, 15) is 5.11 Å². The van der Waals surface area contributed by atoms with Crippen molar-refractivity contribution < 1.29 is 9.84 Å². The largest absolute Gasteiger partial charge is 0.504 e. The summed E-state index contributed by atoms with van der Waals surface area (Å²) >= 11 is 0. The third kappa shape index (κ3) is 1.52. The molecule has 0 saturated carbocycles. The van der Waals surface area contributed by atoms with Crippen LogP contribution in [0.3, 0.4) is 0 Å². The fraction of sp³-hybridized carbons (Fsp3) is 0.250. The molecule has 0 amide bonds. The van der Waals surface area contributed by atoms with Crippen LogP contribution in [0.2, 0.25) is 0 Å². The molecular weight excluding hydrogens is 204 g/mol. The number of benzene rings is 1. The number of aromatic hydroxyl groups is 1. The Kier molecular flexibility index (Phi) is 2.56. The molecule has 2 aromatic rings. The smallest absolute Gasteiger partial charge is 0.164 e. The molecule has 0 saturated heterocycles. The molecule has 0 atom stereocenters. The number of rotatable bonds is 2. The van der Waals surface area contributed by atoms with Gasteiger partial charge in [-0.3, -0.25) is 4.68 Å². The molecular formula is C12H14N2O2. The van der Waals surface area contributed by atoms with Gasteiger partial charge in [-0.05, 0) is 19.1 Å². The lowest BCUT2D eigenvalue weighted by atomic mass is 10.1. The highest BCUT2D eigenvalue weighted by Crippen LogP contribution is 2.35. The van der Waals surface area contributed by atoms with E-state index in [2.05, 4.69) is 5.10 Å². The minimum Gasteiger partial charge on any atom is -0.504 e. The van der Waals surface area contributed by atoms with Crippen LogP contribution in [0.1, 0.15) is 5.69 Å². The highest BCUT2D eigenvalue weighted by atomic mass is 16.5. The van der Waals surface area contributed by atoms with Gasteiger partial charge < -0.3 is 9.84 Å². The predicted octanol–water partition coefficient (Wildman–Crippen LogP) is 2.11. The third-order valence-electron chi connectivity index (χ3n) is 2.66. The van der Waals surface area contributed by atoms with E-state index < -0.39 is 0 Å². The van der Waals surface area contributed by atoms with Crippen LogP contribution < -0.4 is 4.74 Å². The van der Waals surface area contributed by atoms with Gasteiger partial charge in [0, 0.05) is 12.6 Å². The molecule has 4 heteroatoms. The van der Waals surface area contributed by atoms with E-state index in [1.165, 1.54) is 0 Å². The molecule has 0 bridgehead atoms. The van der Waals surface area contributed by atoms with Crippen LogP contribution in [0.5, 0.6) is 11.5 Å². The number of aryl methyl sites for hydroxylation is 1. The second-order valence-corrected chi connectivity index (χ2v) is 3.61. The van der Waals surface area contributed by atoms with Crippen LogP contribution in [0, 0.1) is 6.92 Å². The van der Waals surface area contributed by atoms with Gasteiger partial charge in [0.15, 0.2) is 5.75 Å². The predicted molar refractivity (Wildman–Crippen MR) is 61.6 cm³/mol. The van der Waals surface area contributed by atoms with Gasteiger partial charge in [0.1, 0.15) is 11.4 Å². The van der Waals surface area contributed by atoms with Crippen molar-refractivity contribution >= 4 is 0 Å². The molecule has 0 aliphatic heterocycles. The van der Waals surface area contributed by atoms with Crippen LogP contribution in [-0.2, 0) is 7.05 Å². The minimum atomic E-state index is 0.201. The number of hydrogen-bond acceptors (Lipinski definition) is 3. The normalized spacial score (nSPS) is 10.4. The van der Waals surface area contributed by atoms with Crippen LogP contribution >= 0.6 is 0 Å². The third-order valence-corrected chi connectivity index (χ3v) is 2.66. The van der Waals surface area contributed by atoms with Crippen molar-refractivity contribution in [2.24, 2.45) is 7.05 Å². The van der Waals surface area contributed by atoms with Crippen molar-refractivity contribution in [3.05, 3.63) is 30.0 Å². The average molecular weight is 218 g/mol. The van der Waals surface area contributed by atoms with Gasteiger partial charge in [0.2, 0.25) is 0 Å². The number of methoxy groups -OCH3 is 1. The van der Waals surface area contributed by atoms with Gasteiger partial charge in [0.25, 0.3) is 0 Å². The summed E-state index contributed by atoms with van der Waals surface area (Å²) in [6, 6.07) is 7.50. The number of hydrogen-bond donors (Lipinski definition) is 1. The molecule has 4 nitrogen and oxygen atoms in total. The summed E-state index contributed by atoms with van der Waals surface area (Å²) in [7, 11) is 3.40. The molecule has 1 aromatic carbocycles. The van der Waals surface area contributed by atoms with Crippen molar-refractivity contribution in [2.45, 2.75) is 6.92 Å². The number of nitrogens with zero attached hydrogens (tertiary/aromatic N) is 2. The van der Waals surface area contributed by atoms with Crippen LogP contribution in [0.4, 0.5) is 0 Å². The van der Waals surface area contributed by atoms with E-state index >= 15 is 0 Å². The quantitative estimate of drug-likeness (QED) is 0.839.